The Kier molecular flexibility index (Phi) is 4.43. The Hall–Kier alpha value is -3.46. The Labute approximate surface area is 157 Å². The highest BCUT2D eigenvalue weighted by Gasteiger charge is 2.12. The van der Waals surface area contributed by atoms with E-state index in [-0.39, 0.29) is 11.4 Å². The number of hydrogen-bond acceptors (Lipinski definition) is 6. The zero-order chi connectivity index (χ0) is 18.8. The molecule has 2 aromatic carbocycles. The van der Waals surface area contributed by atoms with Gasteiger partial charge in [-0.05, 0) is 52.0 Å². The monoisotopic (exact) mass is 379 g/mol. The van der Waals surface area contributed by atoms with E-state index in [1.54, 1.807) is 12.1 Å². The molecule has 9 heteroatoms. The maximum atomic E-state index is 11.2. The van der Waals surface area contributed by atoms with Crippen molar-refractivity contribution in [3.63, 3.8) is 0 Å². The summed E-state index contributed by atoms with van der Waals surface area (Å²) in [5.41, 5.74) is 3.64. The van der Waals surface area contributed by atoms with Gasteiger partial charge in [-0.1, -0.05) is 23.9 Å². The highest BCUT2D eigenvalue weighted by molar-refractivity contribution is 7.99. The minimum atomic E-state index is -0.944. The summed E-state index contributed by atoms with van der Waals surface area (Å²) in [6, 6.07) is 13.1. The third kappa shape index (κ3) is 3.58. The van der Waals surface area contributed by atoms with Crippen LogP contribution in [0.2, 0.25) is 0 Å². The van der Waals surface area contributed by atoms with Crippen LogP contribution in [0.5, 0.6) is 0 Å². The average molecular weight is 379 g/mol. The molecule has 8 nitrogen and oxygen atoms in total. The highest BCUT2D eigenvalue weighted by atomic mass is 32.2. The van der Waals surface area contributed by atoms with E-state index in [0.29, 0.717) is 16.5 Å². The molecule has 0 aliphatic rings. The van der Waals surface area contributed by atoms with Crippen LogP contribution in [0.25, 0.3) is 33.4 Å². The Morgan fingerprint density at radius 3 is 2.78 bits per heavy atom. The lowest BCUT2D eigenvalue weighted by Crippen LogP contribution is -1.97. The number of carbonyl (C=O) groups is 1. The van der Waals surface area contributed by atoms with Crippen LogP contribution >= 0.6 is 11.8 Å². The third-order valence-corrected chi connectivity index (χ3v) is 4.81. The topological polar surface area (TPSA) is 124 Å². The number of benzene rings is 2. The van der Waals surface area contributed by atoms with Crippen molar-refractivity contribution >= 4 is 34.3 Å². The average Bonchev–Trinajstić information content (AvgIpc) is 3.34. The minimum Gasteiger partial charge on any atom is -0.481 e. The number of rotatable bonds is 6. The summed E-state index contributed by atoms with van der Waals surface area (Å²) in [6.45, 7) is 0. The molecule has 0 amide bonds. The molecule has 4 aromatic rings. The Morgan fingerprint density at radius 1 is 1.11 bits per heavy atom. The molecule has 27 heavy (non-hydrogen) atoms. The number of hydrogen-bond donors (Lipinski definition) is 3. The van der Waals surface area contributed by atoms with Gasteiger partial charge in [0.05, 0.1) is 5.75 Å². The fourth-order valence-electron chi connectivity index (χ4n) is 2.76. The van der Waals surface area contributed by atoms with Crippen LogP contribution < -0.4 is 0 Å². The van der Waals surface area contributed by atoms with E-state index in [0.717, 1.165) is 33.8 Å². The zero-order valence-corrected chi connectivity index (χ0v) is 14.7. The van der Waals surface area contributed by atoms with Crippen molar-refractivity contribution in [3.05, 3.63) is 53.6 Å². The number of carboxylic acid groups (broad SMARTS) is 1. The molecule has 3 N–H and O–H groups in total. The van der Waals surface area contributed by atoms with Gasteiger partial charge in [0.2, 0.25) is 5.16 Å². The van der Waals surface area contributed by atoms with E-state index in [1.165, 1.54) is 0 Å². The Balaban J connectivity index is 1.72. The van der Waals surface area contributed by atoms with Gasteiger partial charge in [0, 0.05) is 17.3 Å². The summed E-state index contributed by atoms with van der Waals surface area (Å²) in [7, 11) is 0. The molecule has 2 aromatic heterocycles. The van der Waals surface area contributed by atoms with Gasteiger partial charge in [-0.3, -0.25) is 9.89 Å². The van der Waals surface area contributed by atoms with Crippen LogP contribution in [-0.2, 0) is 4.79 Å². The molecule has 0 radical (unpaired) electrons. The van der Waals surface area contributed by atoms with Crippen molar-refractivity contribution in [3.8, 4) is 22.5 Å². The SMILES string of the molecule is O=Nc1cc(-c2ccc3cc[nH]c3c2)cc(-c2nc(SCC(=O)O)n[nH]2)c1. The van der Waals surface area contributed by atoms with E-state index in [4.69, 9.17) is 5.11 Å². The van der Waals surface area contributed by atoms with Gasteiger partial charge < -0.3 is 10.1 Å². The lowest BCUT2D eigenvalue weighted by Gasteiger charge is -2.06. The first-order chi connectivity index (χ1) is 13.1. The molecule has 2 heterocycles. The smallest absolute Gasteiger partial charge is 0.313 e. The number of nitrogens with zero attached hydrogens (tertiary/aromatic N) is 3. The van der Waals surface area contributed by atoms with Crippen molar-refractivity contribution in [1.29, 1.82) is 0 Å². The van der Waals surface area contributed by atoms with E-state index >= 15 is 0 Å². The van der Waals surface area contributed by atoms with Gasteiger partial charge in [0.1, 0.15) is 5.69 Å². The number of nitrogens with one attached hydrogen (secondary N) is 2. The summed E-state index contributed by atoms with van der Waals surface area (Å²) >= 11 is 1.01. The van der Waals surface area contributed by atoms with Crippen LogP contribution in [0.15, 0.2) is 59.0 Å². The third-order valence-electron chi connectivity index (χ3n) is 3.97. The number of fused-ring (bicyclic) bond motifs is 1. The van der Waals surface area contributed by atoms with Crippen molar-refractivity contribution in [1.82, 2.24) is 20.2 Å². The van der Waals surface area contributed by atoms with Crippen LogP contribution in [0.3, 0.4) is 0 Å². The fraction of sp³-hybridized carbons (Fsp3) is 0.0556. The molecule has 0 saturated heterocycles. The number of aromatic nitrogens is 4. The van der Waals surface area contributed by atoms with Crippen molar-refractivity contribution < 1.29 is 9.90 Å². The largest absolute Gasteiger partial charge is 0.481 e. The Morgan fingerprint density at radius 2 is 1.96 bits per heavy atom. The van der Waals surface area contributed by atoms with Gasteiger partial charge in [0.15, 0.2) is 5.82 Å². The van der Waals surface area contributed by atoms with Gasteiger partial charge in [-0.25, -0.2) is 4.98 Å². The number of carboxylic acids is 1. The maximum absolute atomic E-state index is 11.2. The summed E-state index contributed by atoms with van der Waals surface area (Å²) in [4.78, 5) is 29.3. The van der Waals surface area contributed by atoms with Crippen LogP contribution in [-0.4, -0.2) is 37.0 Å². The molecule has 0 spiro atoms. The maximum Gasteiger partial charge on any atom is 0.313 e. The number of nitroso groups, excluding NO2 is 1. The molecule has 0 fully saturated rings. The summed E-state index contributed by atoms with van der Waals surface area (Å²) in [5, 5.41) is 20.0. The molecular formula is C18H13N5O3S. The molecule has 0 saturated carbocycles. The first-order valence-electron chi connectivity index (χ1n) is 7.96. The summed E-state index contributed by atoms with van der Waals surface area (Å²) in [6.07, 6.45) is 1.87. The molecule has 0 aliphatic heterocycles. The van der Waals surface area contributed by atoms with Crippen LogP contribution in [0.1, 0.15) is 0 Å². The Bertz CT molecular complexity index is 1150. The fourth-order valence-corrected chi connectivity index (χ4v) is 3.28. The highest BCUT2D eigenvalue weighted by Crippen LogP contribution is 2.32. The predicted molar refractivity (Wildman–Crippen MR) is 103 cm³/mol. The first-order valence-corrected chi connectivity index (χ1v) is 8.94. The second-order valence-corrected chi connectivity index (χ2v) is 6.73. The number of thioether (sulfide) groups is 1. The van der Waals surface area contributed by atoms with Gasteiger partial charge in [0.25, 0.3) is 0 Å². The van der Waals surface area contributed by atoms with Crippen LogP contribution in [0, 0.1) is 4.91 Å². The molecule has 4 rings (SSSR count). The van der Waals surface area contributed by atoms with Crippen molar-refractivity contribution in [2.45, 2.75) is 5.16 Å². The van der Waals surface area contributed by atoms with E-state index in [1.807, 2.05) is 36.5 Å². The standard InChI is InChI=1S/C18H13N5O3S/c24-16(25)9-27-18-20-17(21-22-18)13-5-12(6-14(7-13)23-26)11-2-1-10-3-4-19-15(10)8-11/h1-8,19H,9H2,(H,24,25)(H,20,21,22). The molecule has 0 aliphatic carbocycles. The van der Waals surface area contributed by atoms with E-state index in [2.05, 4.69) is 25.3 Å². The van der Waals surface area contributed by atoms with Crippen molar-refractivity contribution in [2.75, 3.05) is 5.75 Å². The second-order valence-electron chi connectivity index (χ2n) is 5.79. The molecular weight excluding hydrogens is 366 g/mol. The van der Waals surface area contributed by atoms with Gasteiger partial charge >= 0.3 is 5.97 Å². The van der Waals surface area contributed by atoms with Crippen molar-refractivity contribution in [2.24, 2.45) is 5.18 Å². The number of aliphatic carboxylic acids is 1. The molecule has 0 atom stereocenters. The predicted octanol–water partition coefficient (Wildman–Crippen LogP) is 4.19. The van der Waals surface area contributed by atoms with Crippen LogP contribution in [0.4, 0.5) is 5.69 Å². The minimum absolute atomic E-state index is 0.130. The molecule has 0 unspecified atom stereocenters. The normalized spacial score (nSPS) is 11.0. The lowest BCUT2D eigenvalue weighted by molar-refractivity contribution is -0.133. The lowest BCUT2D eigenvalue weighted by atomic mass is 10.0. The number of aromatic amines is 2. The summed E-state index contributed by atoms with van der Waals surface area (Å²) in [5.74, 6) is -0.634. The second kappa shape index (κ2) is 7.04. The molecule has 0 bridgehead atoms. The first kappa shape index (κ1) is 17.0. The van der Waals surface area contributed by atoms with Gasteiger partial charge in [-0.15, -0.1) is 10.0 Å². The van der Waals surface area contributed by atoms with E-state index in [9.17, 15) is 9.70 Å². The number of H-pyrrole nitrogens is 2. The quantitative estimate of drug-likeness (QED) is 0.341. The van der Waals surface area contributed by atoms with Gasteiger partial charge in [-0.2, -0.15) is 0 Å². The van der Waals surface area contributed by atoms with E-state index < -0.39 is 5.97 Å². The summed E-state index contributed by atoms with van der Waals surface area (Å²) < 4.78 is 0. The molecule has 134 valence electrons. The zero-order valence-electron chi connectivity index (χ0n) is 13.8.